The van der Waals surface area contributed by atoms with Crippen LogP contribution in [-0.2, 0) is 0 Å². The maximum absolute atomic E-state index is 13.7. The van der Waals surface area contributed by atoms with E-state index in [1.54, 1.807) is 12.1 Å². The summed E-state index contributed by atoms with van der Waals surface area (Å²) in [5.74, 6) is 5.47. The summed E-state index contributed by atoms with van der Waals surface area (Å²) in [6.07, 6.45) is 5.83. The lowest BCUT2D eigenvalue weighted by Crippen LogP contribution is -2.00. The summed E-state index contributed by atoms with van der Waals surface area (Å²) in [5.41, 5.74) is 11.5. The van der Waals surface area contributed by atoms with Crippen molar-refractivity contribution in [3.05, 3.63) is 159 Å². The Kier molecular flexibility index (Phi) is 25.1. The van der Waals surface area contributed by atoms with E-state index in [4.69, 9.17) is 0 Å². The molecule has 0 amide bonds. The molecule has 0 saturated heterocycles. The second-order valence-corrected chi connectivity index (χ2v) is 20.1. The first-order valence-electron chi connectivity index (χ1n) is 23.7. The van der Waals surface area contributed by atoms with Crippen LogP contribution < -0.4 is 0 Å². The first-order valence-corrected chi connectivity index (χ1v) is 23.7. The van der Waals surface area contributed by atoms with Crippen LogP contribution in [0.3, 0.4) is 0 Å². The van der Waals surface area contributed by atoms with Crippen molar-refractivity contribution in [3.63, 3.8) is 0 Å². The minimum Gasteiger partial charge on any atom is -0.261 e. The van der Waals surface area contributed by atoms with Gasteiger partial charge in [0.05, 0.1) is 0 Å². The summed E-state index contributed by atoms with van der Waals surface area (Å²) in [6, 6.07) is 22.6. The Balaban J connectivity index is 0.000000394. The molecule has 2 heterocycles. The molecule has 63 heavy (non-hydrogen) atoms. The van der Waals surface area contributed by atoms with Crippen molar-refractivity contribution < 1.29 is 8.78 Å². The molecule has 2 aromatic heterocycles. The average molecular weight is 864 g/mol. The maximum atomic E-state index is 13.7. The molecule has 0 aliphatic rings. The second kappa shape index (κ2) is 27.8. The summed E-state index contributed by atoms with van der Waals surface area (Å²) in [4.78, 5) is 13.0. The molecule has 5 heteroatoms. The lowest BCUT2D eigenvalue weighted by molar-refractivity contribution is 0.591. The highest BCUT2D eigenvalue weighted by atomic mass is 19.1. The summed E-state index contributed by atoms with van der Waals surface area (Å²) in [7, 11) is 0. The highest BCUT2D eigenvalue weighted by molar-refractivity contribution is 5.36. The van der Waals surface area contributed by atoms with E-state index in [1.165, 1.54) is 27.9 Å². The smallest absolute Gasteiger partial charge is 0.130 e. The third-order valence-corrected chi connectivity index (χ3v) is 11.1. The minimum absolute atomic E-state index is 0.0521. The van der Waals surface area contributed by atoms with Crippen LogP contribution in [0.15, 0.2) is 85.3 Å². The van der Waals surface area contributed by atoms with Crippen LogP contribution in [0.2, 0.25) is 0 Å². The number of halogens is 2. The summed E-state index contributed by atoms with van der Waals surface area (Å²) in [5, 5.41) is 0. The van der Waals surface area contributed by atoms with Crippen LogP contribution >= 0.6 is 0 Å². The summed E-state index contributed by atoms with van der Waals surface area (Å²) in [6.45, 7) is 44.5. The number of rotatable bonds is 10. The zero-order chi connectivity index (χ0) is 48.3. The Hall–Kier alpha value is -4.25. The van der Waals surface area contributed by atoms with Gasteiger partial charge in [-0.25, -0.2) is 18.7 Å². The Morgan fingerprint density at radius 1 is 0.333 bits per heavy atom. The number of aryl methyl sites for hydroxylation is 1. The molecule has 0 unspecified atom stereocenters. The fourth-order valence-corrected chi connectivity index (χ4v) is 6.53. The summed E-state index contributed by atoms with van der Waals surface area (Å²) < 4.78 is 27.2. The van der Waals surface area contributed by atoms with Crippen LogP contribution in [0.25, 0.3) is 0 Å². The highest BCUT2D eigenvalue weighted by Gasteiger charge is 2.13. The van der Waals surface area contributed by atoms with E-state index in [0.717, 1.165) is 33.6 Å². The van der Waals surface area contributed by atoms with Crippen LogP contribution in [0.4, 0.5) is 8.78 Å². The molecule has 0 N–H and O–H groups in total. The Morgan fingerprint density at radius 3 is 1.05 bits per heavy atom. The molecule has 3 aromatic carbocycles. The van der Waals surface area contributed by atoms with Gasteiger partial charge in [-0.15, -0.1) is 0 Å². The van der Waals surface area contributed by atoms with Gasteiger partial charge in [-0.1, -0.05) is 187 Å². The SMILES string of the molecule is CC(C)c1ccc(C(C)C)c(F)c1.CC(C)c1ccc(C(C)C)cc1.CC(C)c1ccc(C(C)C)nc1.CC(C)c1cnc(C(C)C)nc1.Cc1cc(C(C)C)cc(F)c1C(C)C. The van der Waals surface area contributed by atoms with Crippen LogP contribution in [0, 0.1) is 18.6 Å². The van der Waals surface area contributed by atoms with E-state index in [9.17, 15) is 8.78 Å². The van der Waals surface area contributed by atoms with E-state index < -0.39 is 0 Å². The summed E-state index contributed by atoms with van der Waals surface area (Å²) >= 11 is 0. The molecule has 0 bridgehead atoms. The topological polar surface area (TPSA) is 38.7 Å². The van der Waals surface area contributed by atoms with Crippen molar-refractivity contribution >= 4 is 0 Å². The van der Waals surface area contributed by atoms with Crippen molar-refractivity contribution in [1.29, 1.82) is 0 Å². The third-order valence-electron chi connectivity index (χ3n) is 11.1. The van der Waals surface area contributed by atoms with Crippen molar-refractivity contribution in [1.82, 2.24) is 15.0 Å². The Morgan fingerprint density at radius 2 is 0.730 bits per heavy atom. The van der Waals surface area contributed by atoms with Crippen LogP contribution in [0.5, 0.6) is 0 Å². The number of benzene rings is 3. The molecule has 0 aliphatic heterocycles. The van der Waals surface area contributed by atoms with Crippen LogP contribution in [-0.4, -0.2) is 15.0 Å². The van der Waals surface area contributed by atoms with Gasteiger partial charge >= 0.3 is 0 Å². The molecule has 0 atom stereocenters. The minimum atomic E-state index is -0.0683. The monoisotopic (exact) mass is 864 g/mol. The van der Waals surface area contributed by atoms with E-state index >= 15 is 0 Å². The molecule has 0 spiro atoms. The number of pyridine rings is 1. The highest BCUT2D eigenvalue weighted by Crippen LogP contribution is 2.27. The quantitative estimate of drug-likeness (QED) is 0.140. The van der Waals surface area contributed by atoms with E-state index in [2.05, 4.69) is 168 Å². The first-order chi connectivity index (χ1) is 29.3. The average Bonchev–Trinajstić information content (AvgIpc) is 3.21. The molecule has 348 valence electrons. The van der Waals surface area contributed by atoms with E-state index in [1.807, 2.05) is 65.3 Å². The molecule has 5 aromatic rings. The van der Waals surface area contributed by atoms with Gasteiger partial charge in [0.1, 0.15) is 17.5 Å². The second-order valence-electron chi connectivity index (χ2n) is 20.1. The van der Waals surface area contributed by atoms with Crippen molar-refractivity contribution in [2.24, 2.45) is 0 Å². The van der Waals surface area contributed by atoms with Gasteiger partial charge in [0.25, 0.3) is 0 Å². The normalized spacial score (nSPS) is 11.3. The van der Waals surface area contributed by atoms with Crippen molar-refractivity contribution in [2.75, 3.05) is 0 Å². The van der Waals surface area contributed by atoms with Gasteiger partial charge in [-0.05, 0) is 128 Å². The van der Waals surface area contributed by atoms with Crippen molar-refractivity contribution in [3.8, 4) is 0 Å². The van der Waals surface area contributed by atoms with Gasteiger partial charge in [0, 0.05) is 30.2 Å². The first kappa shape index (κ1) is 56.8. The van der Waals surface area contributed by atoms with Gasteiger partial charge in [-0.3, -0.25) is 4.98 Å². The standard InChI is InChI=1S/C13H19F.C12H17F.C12H18.C11H17N.C10H16N2/c1-8(2)11-6-10(5)13(9(3)4)12(14)7-11;1-8(2)10-5-6-11(9(3)4)12(13)7-10;1-9(2)11-5-7-12(8-6-11)10(3)4;1-8(2)10-5-6-11(9(3)4)12-7-10;1-7(2)9-5-11-10(8(3)4)12-6-9/h6-9H,1-5H3;5-9H,1-4H3;5-10H,1-4H3;5-9H,1-4H3;5-8H,1-4H3. The van der Waals surface area contributed by atoms with Crippen molar-refractivity contribution in [2.45, 2.75) is 205 Å². The number of hydrogen-bond donors (Lipinski definition) is 0. The third kappa shape index (κ3) is 20.0. The molecular formula is C58H87F2N3. The maximum Gasteiger partial charge on any atom is 0.130 e. The fourth-order valence-electron chi connectivity index (χ4n) is 6.53. The number of aromatic nitrogens is 3. The fraction of sp³-hybridized carbons (Fsp3) is 0.534. The van der Waals surface area contributed by atoms with Gasteiger partial charge in [0.15, 0.2) is 0 Å². The zero-order valence-corrected chi connectivity index (χ0v) is 43.5. The largest absolute Gasteiger partial charge is 0.261 e. The molecule has 5 rings (SSSR count). The van der Waals surface area contributed by atoms with Gasteiger partial charge in [0.2, 0.25) is 0 Å². The lowest BCUT2D eigenvalue weighted by atomic mass is 9.92. The van der Waals surface area contributed by atoms with E-state index in [-0.39, 0.29) is 23.5 Å². The predicted molar refractivity (Wildman–Crippen MR) is 271 cm³/mol. The number of hydrogen-bond acceptors (Lipinski definition) is 3. The predicted octanol–water partition coefficient (Wildman–Crippen LogP) is 18.4. The number of nitrogens with zero attached hydrogens (tertiary/aromatic N) is 3. The zero-order valence-electron chi connectivity index (χ0n) is 43.5. The Labute approximate surface area is 385 Å². The molecular weight excluding hydrogens is 777 g/mol. The van der Waals surface area contributed by atoms with Crippen LogP contribution in [0.1, 0.15) is 259 Å². The molecule has 0 fully saturated rings. The molecule has 3 nitrogen and oxygen atoms in total. The lowest BCUT2D eigenvalue weighted by Gasteiger charge is -2.14. The van der Waals surface area contributed by atoms with Gasteiger partial charge in [-0.2, -0.15) is 0 Å². The molecule has 0 aliphatic carbocycles. The molecule has 0 saturated carbocycles. The van der Waals surface area contributed by atoms with Gasteiger partial charge < -0.3 is 0 Å². The van der Waals surface area contributed by atoms with E-state index in [0.29, 0.717) is 47.3 Å². The molecule has 0 radical (unpaired) electrons. The Bertz CT molecular complexity index is 1770.